The number of alkyl carbamates (subject to hydrolysis) is 1. The first-order valence-electron chi connectivity index (χ1n) is 10.2. The van der Waals surface area contributed by atoms with Gasteiger partial charge in [-0.15, -0.1) is 0 Å². The summed E-state index contributed by atoms with van der Waals surface area (Å²) in [7, 11) is 0. The van der Waals surface area contributed by atoms with E-state index >= 15 is 0 Å². The van der Waals surface area contributed by atoms with Crippen LogP contribution in [-0.4, -0.2) is 52.3 Å². The molecule has 168 valence electrons. The zero-order chi connectivity index (χ0) is 22.6. The number of hydrogen-bond donors (Lipinski definition) is 3. The summed E-state index contributed by atoms with van der Waals surface area (Å²) in [5, 5.41) is 15.2. The Morgan fingerprint density at radius 1 is 1.17 bits per heavy atom. The van der Waals surface area contributed by atoms with Gasteiger partial charge >= 0.3 is 6.09 Å². The first-order valence-corrected chi connectivity index (χ1v) is 11.4. The fourth-order valence-corrected chi connectivity index (χ4v) is 3.39. The van der Waals surface area contributed by atoms with E-state index in [4.69, 9.17) is 4.74 Å². The van der Waals surface area contributed by atoms with Gasteiger partial charge in [-0.2, -0.15) is 11.8 Å². The summed E-state index contributed by atoms with van der Waals surface area (Å²) in [5.74, 6) is 0.254. The number of imide groups is 1. The van der Waals surface area contributed by atoms with Crippen molar-refractivity contribution in [3.63, 3.8) is 0 Å². The maximum absolute atomic E-state index is 12.3. The molecule has 30 heavy (non-hydrogen) atoms. The van der Waals surface area contributed by atoms with Gasteiger partial charge in [0.25, 0.3) is 5.91 Å². The normalized spacial score (nSPS) is 13.2. The van der Waals surface area contributed by atoms with Crippen molar-refractivity contribution in [1.29, 1.82) is 0 Å². The molecular formula is C22H34N2O5S. The molecule has 2 atom stereocenters. The SMILES string of the molecule is CCSCC[C@@H](NC(=O)OC(C)(C)C)C(O)C(=O)NC(=O)CCCc1ccccc1. The van der Waals surface area contributed by atoms with Crippen molar-refractivity contribution < 1.29 is 24.2 Å². The molecule has 8 heteroatoms. The van der Waals surface area contributed by atoms with Crippen molar-refractivity contribution in [2.24, 2.45) is 0 Å². The summed E-state index contributed by atoms with van der Waals surface area (Å²) in [5.41, 5.74) is 0.418. The number of nitrogens with one attached hydrogen (secondary N) is 2. The largest absolute Gasteiger partial charge is 0.444 e. The van der Waals surface area contributed by atoms with E-state index in [2.05, 4.69) is 10.6 Å². The van der Waals surface area contributed by atoms with Crippen molar-refractivity contribution in [3.05, 3.63) is 35.9 Å². The molecule has 0 fully saturated rings. The van der Waals surface area contributed by atoms with Crippen LogP contribution in [0.15, 0.2) is 30.3 Å². The zero-order valence-electron chi connectivity index (χ0n) is 18.3. The molecule has 0 aliphatic carbocycles. The topological polar surface area (TPSA) is 105 Å². The minimum Gasteiger partial charge on any atom is -0.444 e. The Labute approximate surface area is 183 Å². The maximum Gasteiger partial charge on any atom is 0.407 e. The van der Waals surface area contributed by atoms with Gasteiger partial charge in [-0.05, 0) is 57.1 Å². The lowest BCUT2D eigenvalue weighted by atomic mass is 10.1. The molecule has 0 heterocycles. The molecule has 1 rings (SSSR count). The highest BCUT2D eigenvalue weighted by Gasteiger charge is 2.30. The number of carbonyl (C=O) groups excluding carboxylic acids is 3. The number of benzene rings is 1. The Bertz CT molecular complexity index is 676. The van der Waals surface area contributed by atoms with Crippen LogP contribution in [0.25, 0.3) is 0 Å². The molecule has 0 saturated carbocycles. The van der Waals surface area contributed by atoms with Crippen molar-refractivity contribution >= 4 is 29.7 Å². The third kappa shape index (κ3) is 11.2. The number of ether oxygens (including phenoxy) is 1. The molecule has 7 nitrogen and oxygen atoms in total. The summed E-state index contributed by atoms with van der Waals surface area (Å²) >= 11 is 1.63. The average molecular weight is 439 g/mol. The van der Waals surface area contributed by atoms with Crippen LogP contribution in [0, 0.1) is 0 Å². The van der Waals surface area contributed by atoms with E-state index in [-0.39, 0.29) is 6.42 Å². The number of carbonyl (C=O) groups is 3. The molecule has 0 aliphatic heterocycles. The van der Waals surface area contributed by atoms with E-state index in [1.807, 2.05) is 37.3 Å². The van der Waals surface area contributed by atoms with Crippen molar-refractivity contribution in [2.45, 2.75) is 71.1 Å². The number of rotatable bonds is 11. The zero-order valence-corrected chi connectivity index (χ0v) is 19.1. The van der Waals surface area contributed by atoms with Crippen LogP contribution in [0.5, 0.6) is 0 Å². The van der Waals surface area contributed by atoms with Gasteiger partial charge in [-0.1, -0.05) is 37.3 Å². The van der Waals surface area contributed by atoms with Gasteiger partial charge in [0.1, 0.15) is 5.60 Å². The van der Waals surface area contributed by atoms with E-state index in [1.165, 1.54) is 0 Å². The average Bonchev–Trinajstić information content (AvgIpc) is 2.66. The molecule has 0 bridgehead atoms. The summed E-state index contributed by atoms with van der Waals surface area (Å²) < 4.78 is 5.21. The first kappa shape index (κ1) is 26.0. The number of hydrogen-bond acceptors (Lipinski definition) is 6. The minimum atomic E-state index is -1.55. The van der Waals surface area contributed by atoms with Crippen LogP contribution in [0.2, 0.25) is 0 Å². The molecule has 0 spiro atoms. The Morgan fingerprint density at radius 3 is 2.43 bits per heavy atom. The van der Waals surface area contributed by atoms with Crippen LogP contribution in [0.4, 0.5) is 4.79 Å². The standard InChI is InChI=1S/C22H34N2O5S/c1-5-30-15-14-17(23-21(28)29-22(2,3)4)19(26)20(27)24-18(25)13-9-12-16-10-7-6-8-11-16/h6-8,10-11,17,19,26H,5,9,12-15H2,1-4H3,(H,23,28)(H,24,25,27)/t17-,19?/m1/s1. The lowest BCUT2D eigenvalue weighted by Crippen LogP contribution is -2.52. The Hall–Kier alpha value is -2.06. The maximum atomic E-state index is 12.3. The Morgan fingerprint density at radius 2 is 1.83 bits per heavy atom. The fourth-order valence-electron chi connectivity index (χ4n) is 2.68. The molecule has 1 unspecified atom stereocenters. The Kier molecular flexibility index (Phi) is 11.5. The van der Waals surface area contributed by atoms with E-state index in [9.17, 15) is 19.5 Å². The molecule has 0 radical (unpaired) electrons. The second-order valence-corrected chi connectivity index (χ2v) is 9.33. The van der Waals surface area contributed by atoms with Crippen LogP contribution < -0.4 is 10.6 Å². The Balaban J connectivity index is 2.56. The summed E-state index contributed by atoms with van der Waals surface area (Å²) in [6.45, 7) is 7.18. The third-order valence-corrected chi connectivity index (χ3v) is 5.04. The molecule has 1 aromatic carbocycles. The predicted octanol–water partition coefficient (Wildman–Crippen LogP) is 3.05. The van der Waals surface area contributed by atoms with Gasteiger partial charge in [0, 0.05) is 6.42 Å². The van der Waals surface area contributed by atoms with E-state index < -0.39 is 35.7 Å². The lowest BCUT2D eigenvalue weighted by molar-refractivity contribution is -0.136. The first-order chi connectivity index (χ1) is 14.1. The molecule has 3 N–H and O–H groups in total. The van der Waals surface area contributed by atoms with Gasteiger partial charge in [0.05, 0.1) is 6.04 Å². The van der Waals surface area contributed by atoms with Crippen LogP contribution >= 0.6 is 11.8 Å². The number of amides is 3. The second kappa shape index (κ2) is 13.3. The van der Waals surface area contributed by atoms with Gasteiger partial charge in [-0.3, -0.25) is 14.9 Å². The van der Waals surface area contributed by atoms with Gasteiger partial charge in [0.2, 0.25) is 5.91 Å². The lowest BCUT2D eigenvalue weighted by Gasteiger charge is -2.26. The van der Waals surface area contributed by atoms with E-state index in [0.29, 0.717) is 18.6 Å². The van der Waals surface area contributed by atoms with Crippen LogP contribution in [0.1, 0.15) is 52.5 Å². The van der Waals surface area contributed by atoms with Gasteiger partial charge in [0.15, 0.2) is 6.10 Å². The molecule has 0 saturated heterocycles. The highest BCUT2D eigenvalue weighted by Crippen LogP contribution is 2.11. The quantitative estimate of drug-likeness (QED) is 0.459. The highest BCUT2D eigenvalue weighted by atomic mass is 32.2. The van der Waals surface area contributed by atoms with Crippen LogP contribution in [-0.2, 0) is 20.7 Å². The molecule has 0 aromatic heterocycles. The molecule has 1 aromatic rings. The number of aliphatic hydroxyl groups is 1. The van der Waals surface area contributed by atoms with Crippen molar-refractivity contribution in [3.8, 4) is 0 Å². The molecule has 3 amide bonds. The van der Waals surface area contributed by atoms with Gasteiger partial charge in [-0.25, -0.2) is 4.79 Å². The van der Waals surface area contributed by atoms with Crippen LogP contribution in [0.3, 0.4) is 0 Å². The minimum absolute atomic E-state index is 0.170. The molecule has 0 aliphatic rings. The fraction of sp³-hybridized carbons (Fsp3) is 0.591. The molecular weight excluding hydrogens is 404 g/mol. The predicted molar refractivity (Wildman–Crippen MR) is 119 cm³/mol. The van der Waals surface area contributed by atoms with E-state index in [1.54, 1.807) is 32.5 Å². The summed E-state index contributed by atoms with van der Waals surface area (Å²) in [6.07, 6.45) is -0.408. The van der Waals surface area contributed by atoms with Gasteiger partial charge < -0.3 is 15.2 Å². The second-order valence-electron chi connectivity index (χ2n) is 7.93. The monoisotopic (exact) mass is 438 g/mol. The summed E-state index contributed by atoms with van der Waals surface area (Å²) in [4.78, 5) is 36.5. The number of aliphatic hydroxyl groups excluding tert-OH is 1. The van der Waals surface area contributed by atoms with Crippen molar-refractivity contribution in [1.82, 2.24) is 10.6 Å². The third-order valence-electron chi connectivity index (χ3n) is 4.10. The van der Waals surface area contributed by atoms with E-state index in [0.717, 1.165) is 17.7 Å². The number of thioether (sulfide) groups is 1. The summed E-state index contributed by atoms with van der Waals surface area (Å²) in [6, 6.07) is 8.91. The van der Waals surface area contributed by atoms with Crippen molar-refractivity contribution in [2.75, 3.05) is 11.5 Å². The smallest absolute Gasteiger partial charge is 0.407 e. The number of aryl methyl sites for hydroxylation is 1. The highest BCUT2D eigenvalue weighted by molar-refractivity contribution is 7.99.